The van der Waals surface area contributed by atoms with E-state index in [2.05, 4.69) is 21.6 Å². The van der Waals surface area contributed by atoms with Crippen molar-refractivity contribution in [2.24, 2.45) is 0 Å². The lowest BCUT2D eigenvalue weighted by Gasteiger charge is -2.32. The Bertz CT molecular complexity index is 707. The van der Waals surface area contributed by atoms with Gasteiger partial charge in [0.15, 0.2) is 5.65 Å². The van der Waals surface area contributed by atoms with E-state index in [-0.39, 0.29) is 11.9 Å². The third-order valence-corrected chi connectivity index (χ3v) is 3.92. The summed E-state index contributed by atoms with van der Waals surface area (Å²) in [4.78, 5) is 21.9. The Labute approximate surface area is 122 Å². The molecule has 1 saturated heterocycles. The van der Waals surface area contributed by atoms with E-state index in [1.807, 2.05) is 11.6 Å². The molecular formula is C14H18N6O. The van der Waals surface area contributed by atoms with Crippen LogP contribution in [-0.2, 0) is 4.79 Å². The summed E-state index contributed by atoms with van der Waals surface area (Å²) in [6, 6.07) is 0.105. The summed E-state index contributed by atoms with van der Waals surface area (Å²) in [5, 5.41) is 5.36. The van der Waals surface area contributed by atoms with E-state index in [4.69, 9.17) is 5.73 Å². The Morgan fingerprint density at radius 2 is 2.33 bits per heavy atom. The lowest BCUT2D eigenvalue weighted by atomic mass is 10.1. The molecule has 2 aromatic heterocycles. The summed E-state index contributed by atoms with van der Waals surface area (Å²) in [5.74, 6) is 0.403. The molecule has 0 unspecified atom stereocenters. The van der Waals surface area contributed by atoms with Crippen molar-refractivity contribution in [3.8, 4) is 0 Å². The number of carbonyl (C=O) groups excluding carboxylic acids is 1. The van der Waals surface area contributed by atoms with E-state index >= 15 is 0 Å². The number of carbonyl (C=O) groups is 1. The van der Waals surface area contributed by atoms with E-state index in [9.17, 15) is 4.79 Å². The zero-order chi connectivity index (χ0) is 15.0. The number of rotatable bonds is 2. The maximum Gasteiger partial charge on any atom is 0.246 e. The second kappa shape index (κ2) is 5.16. The van der Waals surface area contributed by atoms with Gasteiger partial charge >= 0.3 is 0 Å². The number of fused-ring (bicyclic) bond motifs is 1. The second-order valence-electron chi connectivity index (χ2n) is 5.27. The number of piperidine rings is 1. The minimum absolute atomic E-state index is 0.0398. The minimum Gasteiger partial charge on any atom is -0.383 e. The van der Waals surface area contributed by atoms with E-state index in [0.717, 1.165) is 36.1 Å². The largest absolute Gasteiger partial charge is 0.383 e. The van der Waals surface area contributed by atoms with Gasteiger partial charge in [-0.1, -0.05) is 6.58 Å². The van der Waals surface area contributed by atoms with Gasteiger partial charge in [0.25, 0.3) is 0 Å². The van der Waals surface area contributed by atoms with E-state index in [1.54, 1.807) is 4.90 Å². The number of likely N-dealkylation sites (tertiary alicyclic amines) is 1. The molecule has 0 aromatic carbocycles. The van der Waals surface area contributed by atoms with Crippen LogP contribution in [0, 0.1) is 6.92 Å². The third kappa shape index (κ3) is 2.24. The Morgan fingerprint density at radius 1 is 1.52 bits per heavy atom. The molecule has 7 heteroatoms. The second-order valence-corrected chi connectivity index (χ2v) is 5.27. The lowest BCUT2D eigenvalue weighted by Crippen LogP contribution is -2.40. The topological polar surface area (TPSA) is 89.9 Å². The van der Waals surface area contributed by atoms with Gasteiger partial charge in [0.2, 0.25) is 5.91 Å². The number of aromatic nitrogens is 4. The number of anilines is 1. The molecule has 0 saturated carbocycles. The molecular weight excluding hydrogens is 268 g/mol. The van der Waals surface area contributed by atoms with Crippen LogP contribution in [0.15, 0.2) is 19.0 Å². The van der Waals surface area contributed by atoms with Crippen LogP contribution in [0.1, 0.15) is 24.6 Å². The van der Waals surface area contributed by atoms with Gasteiger partial charge < -0.3 is 10.6 Å². The van der Waals surface area contributed by atoms with Crippen molar-refractivity contribution in [3.63, 3.8) is 0 Å². The molecule has 3 heterocycles. The monoisotopic (exact) mass is 286 g/mol. The first kappa shape index (κ1) is 13.5. The number of hydrogen-bond acceptors (Lipinski definition) is 5. The average Bonchev–Trinajstić information content (AvgIpc) is 2.85. The normalized spacial score (nSPS) is 18.9. The number of nitrogen functional groups attached to an aromatic ring is 1. The highest BCUT2D eigenvalue weighted by Crippen LogP contribution is 2.27. The quantitative estimate of drug-likeness (QED) is 0.834. The summed E-state index contributed by atoms with van der Waals surface area (Å²) in [7, 11) is 0. The van der Waals surface area contributed by atoms with Gasteiger partial charge in [-0.2, -0.15) is 5.10 Å². The Hall–Kier alpha value is -2.44. The molecule has 1 aliphatic rings. The molecule has 0 radical (unpaired) electrons. The summed E-state index contributed by atoms with van der Waals surface area (Å²) >= 11 is 0. The van der Waals surface area contributed by atoms with Crippen LogP contribution < -0.4 is 5.73 Å². The average molecular weight is 286 g/mol. The number of nitrogens with two attached hydrogens (primary N) is 1. The zero-order valence-electron chi connectivity index (χ0n) is 12.0. The molecule has 1 amide bonds. The SMILES string of the molecule is C=CC(=O)N1CCC[C@H](n2nc(C)c3c(N)ncnc32)C1. The van der Waals surface area contributed by atoms with Crippen LogP contribution in [0.2, 0.25) is 0 Å². The smallest absolute Gasteiger partial charge is 0.246 e. The summed E-state index contributed by atoms with van der Waals surface area (Å²) in [5.41, 5.74) is 7.46. The van der Waals surface area contributed by atoms with Crippen molar-refractivity contribution < 1.29 is 4.79 Å². The van der Waals surface area contributed by atoms with Gasteiger partial charge in [-0.05, 0) is 25.8 Å². The van der Waals surface area contributed by atoms with Crippen molar-refractivity contribution in [2.75, 3.05) is 18.8 Å². The Balaban J connectivity index is 1.99. The fourth-order valence-electron chi connectivity index (χ4n) is 2.91. The number of hydrogen-bond donors (Lipinski definition) is 1. The third-order valence-electron chi connectivity index (χ3n) is 3.92. The highest BCUT2D eigenvalue weighted by atomic mass is 16.2. The molecule has 0 spiro atoms. The first-order valence-electron chi connectivity index (χ1n) is 6.98. The first-order valence-corrected chi connectivity index (χ1v) is 6.98. The van der Waals surface area contributed by atoms with Crippen molar-refractivity contribution in [1.82, 2.24) is 24.6 Å². The van der Waals surface area contributed by atoms with E-state index in [1.165, 1.54) is 12.4 Å². The standard InChI is InChI=1S/C14H18N6O/c1-3-11(21)19-6-4-5-10(7-19)20-14-12(9(2)18-20)13(15)16-8-17-14/h3,8,10H,1,4-7H2,2H3,(H2,15,16,17)/t10-/m0/s1. The predicted octanol–water partition coefficient (Wildman–Crippen LogP) is 1.07. The van der Waals surface area contributed by atoms with Crippen molar-refractivity contribution >= 4 is 22.8 Å². The van der Waals surface area contributed by atoms with Crippen LogP contribution in [-0.4, -0.2) is 43.6 Å². The van der Waals surface area contributed by atoms with Gasteiger partial charge in [-0.15, -0.1) is 0 Å². The van der Waals surface area contributed by atoms with Crippen LogP contribution in [0.5, 0.6) is 0 Å². The van der Waals surface area contributed by atoms with Crippen molar-refractivity contribution in [2.45, 2.75) is 25.8 Å². The van der Waals surface area contributed by atoms with Gasteiger partial charge in [0.05, 0.1) is 17.1 Å². The highest BCUT2D eigenvalue weighted by Gasteiger charge is 2.26. The molecule has 2 aromatic rings. The molecule has 1 atom stereocenters. The molecule has 1 fully saturated rings. The molecule has 1 aliphatic heterocycles. The van der Waals surface area contributed by atoms with E-state index in [0.29, 0.717) is 12.4 Å². The molecule has 7 nitrogen and oxygen atoms in total. The summed E-state index contributed by atoms with van der Waals surface area (Å²) < 4.78 is 1.88. The minimum atomic E-state index is -0.0398. The molecule has 0 aliphatic carbocycles. The summed E-state index contributed by atoms with van der Waals surface area (Å²) in [6.45, 7) is 6.82. The maximum absolute atomic E-state index is 11.8. The molecule has 2 N–H and O–H groups in total. The fourth-order valence-corrected chi connectivity index (χ4v) is 2.91. The van der Waals surface area contributed by atoms with Gasteiger partial charge in [-0.3, -0.25) is 4.79 Å². The molecule has 21 heavy (non-hydrogen) atoms. The van der Waals surface area contributed by atoms with Gasteiger partial charge in [0.1, 0.15) is 12.1 Å². The van der Waals surface area contributed by atoms with Crippen molar-refractivity contribution in [3.05, 3.63) is 24.7 Å². The Morgan fingerprint density at radius 3 is 3.10 bits per heavy atom. The van der Waals surface area contributed by atoms with Gasteiger partial charge in [-0.25, -0.2) is 14.6 Å². The predicted molar refractivity (Wildman–Crippen MR) is 79.5 cm³/mol. The fraction of sp³-hybridized carbons (Fsp3) is 0.429. The Kier molecular flexibility index (Phi) is 3.32. The number of nitrogens with zero attached hydrogens (tertiary/aromatic N) is 5. The van der Waals surface area contributed by atoms with Gasteiger partial charge in [0, 0.05) is 13.1 Å². The molecule has 0 bridgehead atoms. The number of aryl methyl sites for hydroxylation is 1. The zero-order valence-corrected chi connectivity index (χ0v) is 12.0. The van der Waals surface area contributed by atoms with E-state index < -0.39 is 0 Å². The van der Waals surface area contributed by atoms with Crippen molar-refractivity contribution in [1.29, 1.82) is 0 Å². The van der Waals surface area contributed by atoms with Crippen LogP contribution >= 0.6 is 0 Å². The first-order chi connectivity index (χ1) is 10.1. The highest BCUT2D eigenvalue weighted by molar-refractivity contribution is 5.88. The molecule has 3 rings (SSSR count). The maximum atomic E-state index is 11.8. The van der Waals surface area contributed by atoms with Crippen LogP contribution in [0.3, 0.4) is 0 Å². The lowest BCUT2D eigenvalue weighted by molar-refractivity contribution is -0.127. The van der Waals surface area contributed by atoms with Crippen LogP contribution in [0.4, 0.5) is 5.82 Å². The molecule has 110 valence electrons. The van der Waals surface area contributed by atoms with Crippen LogP contribution in [0.25, 0.3) is 11.0 Å². The summed E-state index contributed by atoms with van der Waals surface area (Å²) in [6.07, 6.45) is 4.70. The number of amides is 1.